The Morgan fingerprint density at radius 1 is 0.778 bits per heavy atom. The van der Waals surface area contributed by atoms with E-state index in [1.807, 2.05) is 0 Å². The molecule has 2 rings (SSSR count). The van der Waals surface area contributed by atoms with Gasteiger partial charge in [0.15, 0.2) is 0 Å². The summed E-state index contributed by atoms with van der Waals surface area (Å²) in [4.78, 5) is 145. The number of carbonyl (C=O) groups excluding carboxylic acids is 11. The van der Waals surface area contributed by atoms with Crippen LogP contribution >= 0.6 is 0 Å². The van der Waals surface area contributed by atoms with Gasteiger partial charge in [-0.15, -0.1) is 0 Å². The molecule has 354 valence electrons. The van der Waals surface area contributed by atoms with Crippen LogP contribution in [0.4, 0.5) is 0 Å². The van der Waals surface area contributed by atoms with Gasteiger partial charge in [-0.3, -0.25) is 52.7 Å². The van der Waals surface area contributed by atoms with Gasteiger partial charge in [0.25, 0.3) is 0 Å². The Balaban J connectivity index is 2.12. The lowest BCUT2D eigenvalue weighted by Gasteiger charge is -2.29. The number of aliphatic hydroxyl groups is 1. The summed E-state index contributed by atoms with van der Waals surface area (Å²) in [6.45, 7) is 8.95. The van der Waals surface area contributed by atoms with E-state index in [4.69, 9.17) is 5.73 Å². The molecule has 0 aromatic heterocycles. The molecule has 2 saturated heterocycles. The van der Waals surface area contributed by atoms with Crippen LogP contribution in [-0.4, -0.2) is 168 Å². The molecule has 0 unspecified atom stereocenters. The van der Waals surface area contributed by atoms with E-state index < -0.39 is 133 Å². The van der Waals surface area contributed by atoms with Gasteiger partial charge in [0, 0.05) is 40.0 Å². The van der Waals surface area contributed by atoms with Gasteiger partial charge < -0.3 is 63.2 Å². The van der Waals surface area contributed by atoms with Crippen molar-refractivity contribution in [1.82, 2.24) is 52.3 Å². The van der Waals surface area contributed by atoms with Crippen molar-refractivity contribution in [3.05, 3.63) is 0 Å². The van der Waals surface area contributed by atoms with E-state index in [1.165, 1.54) is 16.7 Å². The van der Waals surface area contributed by atoms with Crippen LogP contribution in [0, 0.1) is 11.8 Å². The Labute approximate surface area is 367 Å². The standard InChI is InChI=1S/C40H67N11O12/c1-20(2)14-27(37(60)45-23(6)34(57)44-19-32(56)51-13-9-10-29(51)40(63)50(7)8)48-39(62)33(21(3)4)49-38(61)28(15-22(5)52)47-36(59)25(11-12-30(41)54)46-31(55)18-43-35(58)26-16-24(53)17-42-26/h20-21,23-29,33,42,53H,9-19H2,1-8H3,(H2,41,54)(H,43,58)(H,44,57)(H,45,60)(H,46,55)(H,47,59)(H,48,62)(H,49,61)/t23-,24+,25-,26-,27-,28-,29-,33-/m0/s1. The predicted molar refractivity (Wildman–Crippen MR) is 225 cm³/mol. The summed E-state index contributed by atoms with van der Waals surface area (Å²) in [5.74, 6) is -8.27. The van der Waals surface area contributed by atoms with Crippen LogP contribution in [0.3, 0.4) is 0 Å². The molecule has 0 aromatic rings. The zero-order chi connectivity index (χ0) is 47.7. The number of nitrogens with zero attached hydrogens (tertiary/aromatic N) is 2. The number of carbonyl (C=O) groups is 11. The van der Waals surface area contributed by atoms with Crippen LogP contribution in [0.2, 0.25) is 0 Å². The lowest BCUT2D eigenvalue weighted by atomic mass is 9.99. The van der Waals surface area contributed by atoms with E-state index in [2.05, 4.69) is 42.5 Å². The van der Waals surface area contributed by atoms with E-state index in [0.717, 1.165) is 6.92 Å². The normalized spacial score (nSPS) is 19.4. The van der Waals surface area contributed by atoms with E-state index >= 15 is 0 Å². The first kappa shape index (κ1) is 53.4. The highest BCUT2D eigenvalue weighted by Gasteiger charge is 2.37. The van der Waals surface area contributed by atoms with Crippen LogP contribution in [0.5, 0.6) is 0 Å². The third-order valence-electron chi connectivity index (χ3n) is 10.4. The number of nitrogens with one attached hydrogen (secondary N) is 8. The minimum absolute atomic E-state index is 0.116. The predicted octanol–water partition coefficient (Wildman–Crippen LogP) is -4.59. The van der Waals surface area contributed by atoms with Crippen molar-refractivity contribution in [2.24, 2.45) is 17.6 Å². The summed E-state index contributed by atoms with van der Waals surface area (Å²) >= 11 is 0. The topological polar surface area (TPSA) is 337 Å². The Morgan fingerprint density at radius 2 is 1.40 bits per heavy atom. The number of likely N-dealkylation sites (N-methyl/N-ethyl adjacent to an activating group) is 1. The van der Waals surface area contributed by atoms with Crippen molar-refractivity contribution in [2.75, 3.05) is 40.3 Å². The van der Waals surface area contributed by atoms with Crippen molar-refractivity contribution >= 4 is 64.9 Å². The number of likely N-dealkylation sites (tertiary alicyclic amines) is 1. The molecule has 2 aliphatic rings. The van der Waals surface area contributed by atoms with Crippen LogP contribution in [0.1, 0.15) is 86.5 Å². The number of hydrogen-bond donors (Lipinski definition) is 10. The molecule has 11 N–H and O–H groups in total. The van der Waals surface area contributed by atoms with Crippen LogP contribution in [-0.2, 0) is 52.7 Å². The van der Waals surface area contributed by atoms with E-state index in [9.17, 15) is 57.8 Å². The molecule has 2 fully saturated rings. The molecule has 8 atom stereocenters. The first-order valence-corrected chi connectivity index (χ1v) is 21.2. The SMILES string of the molecule is CC(=O)C[C@H](NC(=O)[C@H](CCC(N)=O)NC(=O)CNC(=O)[C@@H]1C[C@@H](O)CN1)C(=O)N[C@H](C(=O)N[C@@H](CC(C)C)C(=O)N[C@@H](C)C(=O)NCC(=O)N1CCC[C@H]1C(=O)N(C)C)C(C)C. The number of hydrogen-bond acceptors (Lipinski definition) is 13. The molecule has 10 amide bonds. The molecule has 23 heteroatoms. The Hall–Kier alpha value is -5.71. The number of β-amino-alcohol motifs (C(OH)–C–C–N with tert-alkyl or cyclic N) is 1. The van der Waals surface area contributed by atoms with E-state index in [-0.39, 0.29) is 44.1 Å². The number of amides is 10. The molecule has 0 saturated carbocycles. The first-order chi connectivity index (χ1) is 29.4. The third kappa shape index (κ3) is 17.9. The molecule has 0 spiro atoms. The maximum Gasteiger partial charge on any atom is 0.244 e. The molecular weight excluding hydrogens is 827 g/mol. The highest BCUT2D eigenvalue weighted by Crippen LogP contribution is 2.19. The number of primary amides is 1. The van der Waals surface area contributed by atoms with Gasteiger partial charge in [-0.25, -0.2) is 0 Å². The monoisotopic (exact) mass is 893 g/mol. The van der Waals surface area contributed by atoms with Gasteiger partial charge in [0.1, 0.15) is 42.0 Å². The second-order valence-corrected chi connectivity index (χ2v) is 17.0. The van der Waals surface area contributed by atoms with Crippen molar-refractivity contribution < 1.29 is 57.8 Å². The fraction of sp³-hybridized carbons (Fsp3) is 0.725. The molecule has 63 heavy (non-hydrogen) atoms. The lowest BCUT2D eigenvalue weighted by Crippen LogP contribution is -2.60. The average Bonchev–Trinajstić information content (AvgIpc) is 3.87. The van der Waals surface area contributed by atoms with Gasteiger partial charge >= 0.3 is 0 Å². The Morgan fingerprint density at radius 3 is 1.95 bits per heavy atom. The van der Waals surface area contributed by atoms with Gasteiger partial charge in [-0.1, -0.05) is 27.7 Å². The smallest absolute Gasteiger partial charge is 0.244 e. The number of aliphatic hydroxyl groups excluding tert-OH is 1. The molecule has 2 heterocycles. The van der Waals surface area contributed by atoms with Gasteiger partial charge in [-0.05, 0) is 57.8 Å². The van der Waals surface area contributed by atoms with Gasteiger partial charge in [-0.2, -0.15) is 0 Å². The van der Waals surface area contributed by atoms with Crippen molar-refractivity contribution in [3.63, 3.8) is 0 Å². The van der Waals surface area contributed by atoms with Crippen molar-refractivity contribution in [1.29, 1.82) is 0 Å². The molecule has 0 aliphatic carbocycles. The third-order valence-corrected chi connectivity index (χ3v) is 10.4. The van der Waals surface area contributed by atoms with Crippen LogP contribution in [0.15, 0.2) is 0 Å². The van der Waals surface area contributed by atoms with Crippen LogP contribution < -0.4 is 48.3 Å². The number of nitrogens with two attached hydrogens (primary N) is 1. The number of ketones is 1. The maximum absolute atomic E-state index is 13.8. The molecular formula is C40H67N11O12. The molecule has 23 nitrogen and oxygen atoms in total. The fourth-order valence-electron chi connectivity index (χ4n) is 6.95. The second kappa shape index (κ2) is 25.4. The molecule has 2 aliphatic heterocycles. The highest BCUT2D eigenvalue weighted by atomic mass is 16.3. The van der Waals surface area contributed by atoms with E-state index in [0.29, 0.717) is 19.4 Å². The van der Waals surface area contributed by atoms with Crippen molar-refractivity contribution in [3.8, 4) is 0 Å². The van der Waals surface area contributed by atoms with Gasteiger partial charge in [0.05, 0.1) is 25.2 Å². The average molecular weight is 894 g/mol. The minimum Gasteiger partial charge on any atom is -0.392 e. The Kier molecular flexibility index (Phi) is 21.5. The summed E-state index contributed by atoms with van der Waals surface area (Å²) < 4.78 is 0. The molecule has 0 radical (unpaired) electrons. The largest absolute Gasteiger partial charge is 0.392 e. The molecule has 0 bridgehead atoms. The lowest BCUT2D eigenvalue weighted by molar-refractivity contribution is -0.142. The minimum atomic E-state index is -1.57. The maximum atomic E-state index is 13.8. The second-order valence-electron chi connectivity index (χ2n) is 17.0. The zero-order valence-corrected chi connectivity index (χ0v) is 37.5. The quantitative estimate of drug-likeness (QED) is 0.0437. The summed E-state index contributed by atoms with van der Waals surface area (Å²) in [5, 5.41) is 29.8. The highest BCUT2D eigenvalue weighted by molar-refractivity contribution is 5.99. The number of rotatable bonds is 24. The van der Waals surface area contributed by atoms with Crippen molar-refractivity contribution in [2.45, 2.75) is 135 Å². The Bertz CT molecular complexity index is 1710. The fourth-order valence-corrected chi connectivity index (χ4v) is 6.95. The molecule has 0 aromatic carbocycles. The summed E-state index contributed by atoms with van der Waals surface area (Å²) in [7, 11) is 3.18. The zero-order valence-electron chi connectivity index (χ0n) is 37.5. The summed E-state index contributed by atoms with van der Waals surface area (Å²) in [6.07, 6.45) is -0.539. The van der Waals surface area contributed by atoms with Gasteiger partial charge in [0.2, 0.25) is 59.1 Å². The first-order valence-electron chi connectivity index (χ1n) is 21.2. The van der Waals surface area contributed by atoms with Crippen LogP contribution in [0.25, 0.3) is 0 Å². The summed E-state index contributed by atoms with van der Waals surface area (Å²) in [6, 6.07) is -8.02. The number of Topliss-reactive ketones (excluding diaryl/α,β-unsaturated/α-hetero) is 1. The van der Waals surface area contributed by atoms with E-state index in [1.54, 1.807) is 41.8 Å². The summed E-state index contributed by atoms with van der Waals surface area (Å²) in [5.41, 5.74) is 5.27.